The second-order valence-corrected chi connectivity index (χ2v) is 5.56. The smallest absolute Gasteiger partial charge is 0.106 e. The summed E-state index contributed by atoms with van der Waals surface area (Å²) in [5, 5.41) is 3.20. The maximum atomic E-state index is 5.58. The standard InChI is InChI=1S/C12H21N3S/c1-2-5-15(7-10-3-4-10)8-11-9-16-12(6-13)14-11/h9-10H,2-8,13H2,1H3. The lowest BCUT2D eigenvalue weighted by Gasteiger charge is -2.20. The van der Waals surface area contributed by atoms with Crippen molar-refractivity contribution in [3.05, 3.63) is 16.1 Å². The first-order chi connectivity index (χ1) is 7.81. The molecule has 0 unspecified atom stereocenters. The van der Waals surface area contributed by atoms with Gasteiger partial charge in [0.25, 0.3) is 0 Å². The van der Waals surface area contributed by atoms with Gasteiger partial charge in [0.05, 0.1) is 5.69 Å². The van der Waals surface area contributed by atoms with E-state index in [4.69, 9.17) is 5.73 Å². The SMILES string of the molecule is CCCN(Cc1csc(CN)n1)CC1CC1. The molecule has 0 bridgehead atoms. The van der Waals surface area contributed by atoms with Crippen molar-refractivity contribution < 1.29 is 0 Å². The lowest BCUT2D eigenvalue weighted by Crippen LogP contribution is -2.26. The highest BCUT2D eigenvalue weighted by Crippen LogP contribution is 2.30. The Kier molecular flexibility index (Phi) is 4.32. The second kappa shape index (κ2) is 5.75. The van der Waals surface area contributed by atoms with Gasteiger partial charge >= 0.3 is 0 Å². The van der Waals surface area contributed by atoms with Crippen LogP contribution < -0.4 is 5.73 Å². The molecule has 1 heterocycles. The fraction of sp³-hybridized carbons (Fsp3) is 0.750. The Labute approximate surface area is 102 Å². The average Bonchev–Trinajstić information content (AvgIpc) is 2.96. The second-order valence-electron chi connectivity index (χ2n) is 4.62. The van der Waals surface area contributed by atoms with Gasteiger partial charge in [-0.25, -0.2) is 4.98 Å². The van der Waals surface area contributed by atoms with Crippen LogP contribution in [-0.2, 0) is 13.1 Å². The van der Waals surface area contributed by atoms with Gasteiger partial charge in [-0.3, -0.25) is 4.90 Å². The minimum absolute atomic E-state index is 0.571. The summed E-state index contributed by atoms with van der Waals surface area (Å²) >= 11 is 1.68. The summed E-state index contributed by atoms with van der Waals surface area (Å²) < 4.78 is 0. The Balaban J connectivity index is 1.87. The molecule has 2 rings (SSSR count). The maximum Gasteiger partial charge on any atom is 0.106 e. The van der Waals surface area contributed by atoms with Crippen molar-refractivity contribution in [3.8, 4) is 0 Å². The molecule has 90 valence electrons. The average molecular weight is 239 g/mol. The third-order valence-electron chi connectivity index (χ3n) is 2.91. The molecule has 0 amide bonds. The van der Waals surface area contributed by atoms with E-state index in [1.165, 1.54) is 38.0 Å². The molecule has 0 aromatic carbocycles. The molecule has 1 aliphatic rings. The van der Waals surface area contributed by atoms with E-state index in [1.807, 2.05) is 0 Å². The van der Waals surface area contributed by atoms with Crippen LogP contribution in [0.2, 0.25) is 0 Å². The molecule has 0 atom stereocenters. The Bertz CT molecular complexity index is 320. The molecule has 1 fully saturated rings. The van der Waals surface area contributed by atoms with Crippen molar-refractivity contribution in [2.75, 3.05) is 13.1 Å². The highest BCUT2D eigenvalue weighted by Gasteiger charge is 2.24. The molecule has 3 nitrogen and oxygen atoms in total. The van der Waals surface area contributed by atoms with E-state index in [9.17, 15) is 0 Å². The first-order valence-corrected chi connectivity index (χ1v) is 7.05. The van der Waals surface area contributed by atoms with Gasteiger partial charge in [-0.2, -0.15) is 0 Å². The summed E-state index contributed by atoms with van der Waals surface area (Å²) in [5.41, 5.74) is 6.77. The Hall–Kier alpha value is -0.450. The van der Waals surface area contributed by atoms with E-state index in [0.717, 1.165) is 17.5 Å². The Morgan fingerprint density at radius 3 is 2.94 bits per heavy atom. The molecule has 0 radical (unpaired) electrons. The van der Waals surface area contributed by atoms with Gasteiger partial charge in [0, 0.05) is 25.0 Å². The summed E-state index contributed by atoms with van der Waals surface area (Å²) in [6, 6.07) is 0. The monoisotopic (exact) mass is 239 g/mol. The molecule has 0 spiro atoms. The number of thiazole rings is 1. The van der Waals surface area contributed by atoms with Crippen LogP contribution in [0.4, 0.5) is 0 Å². The van der Waals surface area contributed by atoms with Gasteiger partial charge in [-0.1, -0.05) is 6.92 Å². The van der Waals surface area contributed by atoms with Gasteiger partial charge in [0.1, 0.15) is 5.01 Å². The van der Waals surface area contributed by atoms with Gasteiger partial charge in [-0.05, 0) is 31.7 Å². The molecule has 1 saturated carbocycles. The van der Waals surface area contributed by atoms with Gasteiger partial charge < -0.3 is 5.73 Å². The predicted octanol–water partition coefficient (Wildman–Crippen LogP) is 2.22. The molecule has 0 aliphatic heterocycles. The van der Waals surface area contributed by atoms with Crippen LogP contribution in [0.3, 0.4) is 0 Å². The fourth-order valence-corrected chi connectivity index (χ4v) is 2.63. The van der Waals surface area contributed by atoms with Crippen molar-refractivity contribution in [2.24, 2.45) is 11.7 Å². The molecular weight excluding hydrogens is 218 g/mol. The third kappa shape index (κ3) is 3.54. The summed E-state index contributed by atoms with van der Waals surface area (Å²) in [5.74, 6) is 0.958. The van der Waals surface area contributed by atoms with Crippen molar-refractivity contribution in [1.82, 2.24) is 9.88 Å². The Morgan fingerprint density at radius 1 is 1.56 bits per heavy atom. The van der Waals surface area contributed by atoms with Crippen LogP contribution >= 0.6 is 11.3 Å². The predicted molar refractivity (Wildman–Crippen MR) is 68.3 cm³/mol. The third-order valence-corrected chi connectivity index (χ3v) is 3.83. The zero-order valence-corrected chi connectivity index (χ0v) is 10.8. The first kappa shape index (κ1) is 12.0. The van der Waals surface area contributed by atoms with E-state index in [2.05, 4.69) is 22.2 Å². The zero-order chi connectivity index (χ0) is 11.4. The summed E-state index contributed by atoms with van der Waals surface area (Å²) in [7, 11) is 0. The van der Waals surface area contributed by atoms with Crippen molar-refractivity contribution in [2.45, 2.75) is 39.3 Å². The minimum atomic E-state index is 0.571. The fourth-order valence-electron chi connectivity index (χ4n) is 1.96. The minimum Gasteiger partial charge on any atom is -0.325 e. The largest absolute Gasteiger partial charge is 0.325 e. The van der Waals surface area contributed by atoms with Crippen LogP contribution in [0.5, 0.6) is 0 Å². The molecular formula is C12H21N3S. The highest BCUT2D eigenvalue weighted by atomic mass is 32.1. The Morgan fingerprint density at radius 2 is 2.38 bits per heavy atom. The van der Waals surface area contributed by atoms with Gasteiger partial charge in [-0.15, -0.1) is 11.3 Å². The van der Waals surface area contributed by atoms with E-state index in [0.29, 0.717) is 6.54 Å². The maximum absolute atomic E-state index is 5.58. The van der Waals surface area contributed by atoms with E-state index >= 15 is 0 Å². The van der Waals surface area contributed by atoms with Crippen LogP contribution in [0.1, 0.15) is 36.9 Å². The van der Waals surface area contributed by atoms with Crippen molar-refractivity contribution in [3.63, 3.8) is 0 Å². The molecule has 16 heavy (non-hydrogen) atoms. The summed E-state index contributed by atoms with van der Waals surface area (Å²) in [6.07, 6.45) is 4.07. The molecule has 1 aliphatic carbocycles. The number of nitrogens with two attached hydrogens (primary N) is 1. The van der Waals surface area contributed by atoms with Crippen LogP contribution in [-0.4, -0.2) is 23.0 Å². The van der Waals surface area contributed by atoms with Crippen molar-refractivity contribution >= 4 is 11.3 Å². The summed E-state index contributed by atoms with van der Waals surface area (Å²) in [4.78, 5) is 7.07. The number of nitrogens with zero attached hydrogens (tertiary/aromatic N) is 2. The van der Waals surface area contributed by atoms with Gasteiger partial charge in [0.2, 0.25) is 0 Å². The zero-order valence-electron chi connectivity index (χ0n) is 9.98. The topological polar surface area (TPSA) is 42.1 Å². The summed E-state index contributed by atoms with van der Waals surface area (Å²) in [6.45, 7) is 6.25. The normalized spacial score (nSPS) is 15.9. The first-order valence-electron chi connectivity index (χ1n) is 6.17. The number of hydrogen-bond donors (Lipinski definition) is 1. The molecule has 2 N–H and O–H groups in total. The van der Waals surface area contributed by atoms with E-state index < -0.39 is 0 Å². The number of hydrogen-bond acceptors (Lipinski definition) is 4. The van der Waals surface area contributed by atoms with Gasteiger partial charge in [0.15, 0.2) is 0 Å². The molecule has 1 aromatic heterocycles. The lowest BCUT2D eigenvalue weighted by molar-refractivity contribution is 0.252. The van der Waals surface area contributed by atoms with Crippen LogP contribution in [0.25, 0.3) is 0 Å². The molecule has 0 saturated heterocycles. The van der Waals surface area contributed by atoms with Crippen molar-refractivity contribution in [1.29, 1.82) is 0 Å². The molecule has 4 heteroatoms. The number of aromatic nitrogens is 1. The highest BCUT2D eigenvalue weighted by molar-refractivity contribution is 7.09. The quantitative estimate of drug-likeness (QED) is 0.793. The number of rotatable bonds is 7. The van der Waals surface area contributed by atoms with E-state index in [1.54, 1.807) is 11.3 Å². The van der Waals surface area contributed by atoms with Crippen LogP contribution in [0, 0.1) is 5.92 Å². The molecule has 1 aromatic rings. The van der Waals surface area contributed by atoms with E-state index in [-0.39, 0.29) is 0 Å². The van der Waals surface area contributed by atoms with Crippen LogP contribution in [0.15, 0.2) is 5.38 Å². The lowest BCUT2D eigenvalue weighted by atomic mass is 10.3.